The van der Waals surface area contributed by atoms with Crippen LogP contribution in [-0.4, -0.2) is 53.9 Å². The van der Waals surface area contributed by atoms with E-state index >= 15 is 0 Å². The molecule has 3 aromatic heterocycles. The van der Waals surface area contributed by atoms with Crippen molar-refractivity contribution >= 4 is 11.6 Å². The number of carbonyl (C=O) groups is 1. The number of aliphatic hydroxyl groups excluding tert-OH is 1. The number of nitrogens with zero attached hydrogens (tertiary/aromatic N) is 6. The number of rotatable bonds is 6. The van der Waals surface area contributed by atoms with Crippen LogP contribution in [0, 0.1) is 0 Å². The van der Waals surface area contributed by atoms with Gasteiger partial charge in [-0.15, -0.1) is 0 Å². The van der Waals surface area contributed by atoms with Crippen molar-refractivity contribution < 1.29 is 9.90 Å². The van der Waals surface area contributed by atoms with Crippen molar-refractivity contribution in [1.29, 1.82) is 0 Å². The van der Waals surface area contributed by atoms with Crippen LogP contribution >= 0.6 is 0 Å². The Labute approximate surface area is 161 Å². The van der Waals surface area contributed by atoms with E-state index in [9.17, 15) is 4.79 Å². The number of para-hydroxylation sites is 1. The molecule has 0 atom stereocenters. The molecule has 142 valence electrons. The van der Waals surface area contributed by atoms with Crippen molar-refractivity contribution in [2.45, 2.75) is 13.0 Å². The Bertz CT molecular complexity index is 1100. The molecule has 0 aliphatic rings. The second-order valence-electron chi connectivity index (χ2n) is 6.55. The molecule has 0 fully saturated rings. The highest BCUT2D eigenvalue weighted by molar-refractivity contribution is 5.99. The minimum absolute atomic E-state index is 0.0413. The van der Waals surface area contributed by atoms with E-state index in [0.717, 1.165) is 16.8 Å². The number of hydrogen-bond acceptors (Lipinski definition) is 5. The summed E-state index contributed by atoms with van der Waals surface area (Å²) in [4.78, 5) is 18.8. The second-order valence-corrected chi connectivity index (χ2v) is 6.55. The van der Waals surface area contributed by atoms with Crippen LogP contribution in [0.4, 0.5) is 0 Å². The Kier molecular flexibility index (Phi) is 4.86. The predicted octanol–water partition coefficient (Wildman–Crippen LogP) is 1.72. The summed E-state index contributed by atoms with van der Waals surface area (Å²) in [5, 5.41) is 17.6. The van der Waals surface area contributed by atoms with Gasteiger partial charge in [-0.05, 0) is 24.1 Å². The SMILES string of the molecule is CN(Cc1cnn(-c2ccccc2)c1)C(=O)c1cnn2cc(CCO)cnc12. The Hall–Kier alpha value is -3.52. The van der Waals surface area contributed by atoms with E-state index in [0.29, 0.717) is 24.2 Å². The molecule has 1 aromatic carbocycles. The molecule has 0 spiro atoms. The number of fused-ring (bicyclic) bond motifs is 1. The van der Waals surface area contributed by atoms with Crippen molar-refractivity contribution in [1.82, 2.24) is 29.3 Å². The van der Waals surface area contributed by atoms with Crippen LogP contribution in [0.3, 0.4) is 0 Å². The Morgan fingerprint density at radius 2 is 1.89 bits per heavy atom. The fourth-order valence-corrected chi connectivity index (χ4v) is 3.04. The standard InChI is InChI=1S/C20H20N6O2/c1-24(12-16-10-22-25(14-16)17-5-3-2-4-6-17)20(28)18-11-23-26-13-15(7-8-27)9-21-19(18)26/h2-6,9-11,13-14,27H,7-8,12H2,1H3. The monoisotopic (exact) mass is 376 g/mol. The third kappa shape index (κ3) is 3.49. The number of aliphatic hydroxyl groups is 1. The van der Waals surface area contributed by atoms with Gasteiger partial charge in [-0.2, -0.15) is 10.2 Å². The third-order valence-electron chi connectivity index (χ3n) is 4.46. The van der Waals surface area contributed by atoms with Gasteiger partial charge in [0.25, 0.3) is 5.91 Å². The zero-order chi connectivity index (χ0) is 19.5. The molecule has 28 heavy (non-hydrogen) atoms. The second kappa shape index (κ2) is 7.61. The van der Waals surface area contributed by atoms with Gasteiger partial charge in [-0.25, -0.2) is 14.2 Å². The first kappa shape index (κ1) is 17.9. The van der Waals surface area contributed by atoms with Crippen LogP contribution in [-0.2, 0) is 13.0 Å². The fourth-order valence-electron chi connectivity index (χ4n) is 3.04. The van der Waals surface area contributed by atoms with E-state index < -0.39 is 0 Å². The zero-order valence-corrected chi connectivity index (χ0v) is 15.4. The summed E-state index contributed by atoms with van der Waals surface area (Å²) >= 11 is 0. The lowest BCUT2D eigenvalue weighted by Gasteiger charge is -2.15. The van der Waals surface area contributed by atoms with Crippen molar-refractivity contribution in [2.75, 3.05) is 13.7 Å². The van der Waals surface area contributed by atoms with Crippen LogP contribution in [0.2, 0.25) is 0 Å². The quantitative estimate of drug-likeness (QED) is 0.554. The maximum Gasteiger partial charge on any atom is 0.259 e. The van der Waals surface area contributed by atoms with E-state index in [1.807, 2.05) is 36.5 Å². The summed E-state index contributed by atoms with van der Waals surface area (Å²) in [6.45, 7) is 0.464. The molecular formula is C20H20N6O2. The van der Waals surface area contributed by atoms with Crippen molar-refractivity contribution in [2.24, 2.45) is 0 Å². The molecule has 0 unspecified atom stereocenters. The first-order chi connectivity index (χ1) is 13.7. The lowest BCUT2D eigenvalue weighted by molar-refractivity contribution is 0.0787. The van der Waals surface area contributed by atoms with Gasteiger partial charge < -0.3 is 10.0 Å². The lowest BCUT2D eigenvalue weighted by Crippen LogP contribution is -2.26. The smallest absolute Gasteiger partial charge is 0.259 e. The number of benzene rings is 1. The maximum absolute atomic E-state index is 12.9. The van der Waals surface area contributed by atoms with Gasteiger partial charge in [0.1, 0.15) is 5.56 Å². The molecule has 0 radical (unpaired) electrons. The summed E-state index contributed by atoms with van der Waals surface area (Å²) in [5.41, 5.74) is 3.69. The molecule has 0 saturated heterocycles. The third-order valence-corrected chi connectivity index (χ3v) is 4.46. The Morgan fingerprint density at radius 1 is 1.07 bits per heavy atom. The van der Waals surface area contributed by atoms with E-state index in [-0.39, 0.29) is 12.5 Å². The van der Waals surface area contributed by atoms with Crippen molar-refractivity contribution in [3.05, 3.63) is 78.0 Å². The summed E-state index contributed by atoms with van der Waals surface area (Å²) in [6, 6.07) is 9.81. The van der Waals surface area contributed by atoms with Crippen molar-refractivity contribution in [3.8, 4) is 5.69 Å². The number of amides is 1. The molecule has 0 aliphatic carbocycles. The lowest BCUT2D eigenvalue weighted by atomic mass is 10.2. The fraction of sp³-hybridized carbons (Fsp3) is 0.200. The van der Waals surface area contributed by atoms with Gasteiger partial charge in [0, 0.05) is 44.4 Å². The zero-order valence-electron chi connectivity index (χ0n) is 15.4. The molecule has 4 aromatic rings. The number of aromatic nitrogens is 5. The molecule has 0 bridgehead atoms. The van der Waals surface area contributed by atoms with Gasteiger partial charge in [0.05, 0.1) is 18.1 Å². The predicted molar refractivity (Wildman–Crippen MR) is 103 cm³/mol. The first-order valence-electron chi connectivity index (χ1n) is 8.93. The molecule has 1 amide bonds. The molecule has 8 heteroatoms. The van der Waals surface area contributed by atoms with Crippen molar-refractivity contribution in [3.63, 3.8) is 0 Å². The molecular weight excluding hydrogens is 356 g/mol. The van der Waals surface area contributed by atoms with E-state index in [4.69, 9.17) is 5.11 Å². The van der Waals surface area contributed by atoms with Gasteiger partial charge >= 0.3 is 0 Å². The average Bonchev–Trinajstić information content (AvgIpc) is 3.35. The number of carbonyl (C=O) groups excluding carboxylic acids is 1. The summed E-state index contributed by atoms with van der Waals surface area (Å²) in [7, 11) is 1.74. The topological polar surface area (TPSA) is 88.6 Å². The molecule has 4 rings (SSSR count). The maximum atomic E-state index is 12.9. The van der Waals surface area contributed by atoms with E-state index in [2.05, 4.69) is 15.2 Å². The van der Waals surface area contributed by atoms with Gasteiger partial charge in [0.2, 0.25) is 0 Å². The molecule has 1 N–H and O–H groups in total. The van der Waals surface area contributed by atoms with Crippen LogP contribution < -0.4 is 0 Å². The van der Waals surface area contributed by atoms with E-state index in [1.54, 1.807) is 39.7 Å². The summed E-state index contributed by atoms with van der Waals surface area (Å²) in [6.07, 6.45) is 9.13. The normalized spacial score (nSPS) is 11.1. The Balaban J connectivity index is 1.51. The molecule has 0 aliphatic heterocycles. The largest absolute Gasteiger partial charge is 0.396 e. The molecule has 0 saturated carbocycles. The van der Waals surface area contributed by atoms with Crippen LogP contribution in [0.1, 0.15) is 21.5 Å². The van der Waals surface area contributed by atoms with Crippen LogP contribution in [0.5, 0.6) is 0 Å². The van der Waals surface area contributed by atoms with Gasteiger partial charge in [0.15, 0.2) is 5.65 Å². The minimum Gasteiger partial charge on any atom is -0.396 e. The summed E-state index contributed by atoms with van der Waals surface area (Å²) < 4.78 is 3.35. The highest BCUT2D eigenvalue weighted by Crippen LogP contribution is 2.14. The number of hydrogen-bond donors (Lipinski definition) is 1. The molecule has 3 heterocycles. The highest BCUT2D eigenvalue weighted by atomic mass is 16.3. The van der Waals surface area contributed by atoms with Crippen LogP contribution in [0.25, 0.3) is 11.3 Å². The molecule has 8 nitrogen and oxygen atoms in total. The average molecular weight is 376 g/mol. The van der Waals surface area contributed by atoms with Crippen LogP contribution in [0.15, 0.2) is 61.3 Å². The first-order valence-corrected chi connectivity index (χ1v) is 8.93. The van der Waals surface area contributed by atoms with Gasteiger partial charge in [-0.1, -0.05) is 18.2 Å². The minimum atomic E-state index is -0.162. The van der Waals surface area contributed by atoms with E-state index in [1.165, 1.54) is 6.20 Å². The van der Waals surface area contributed by atoms with Gasteiger partial charge in [-0.3, -0.25) is 4.79 Å². The highest BCUT2D eigenvalue weighted by Gasteiger charge is 2.19. The summed E-state index contributed by atoms with van der Waals surface area (Å²) in [5.74, 6) is -0.162. The Morgan fingerprint density at radius 3 is 2.68 bits per heavy atom.